The topological polar surface area (TPSA) is 96.2 Å². The Bertz CT molecular complexity index is 337. The number of carbonyl (C=O) groups is 2. The average Bonchev–Trinajstić information content (AvgIpc) is 2.58. The van der Waals surface area contributed by atoms with Gasteiger partial charge in [-0.25, -0.2) is 0 Å². The number of nitrogens with one attached hydrogen (secondary N) is 3. The first kappa shape index (κ1) is 23.0. The van der Waals surface area contributed by atoms with Crippen LogP contribution in [0.3, 0.4) is 0 Å². The van der Waals surface area contributed by atoms with E-state index in [4.69, 9.17) is 5.73 Å². The Morgan fingerprint density at radius 3 is 2.21 bits per heavy atom. The van der Waals surface area contributed by atoms with Crippen molar-refractivity contribution in [3.05, 3.63) is 0 Å². The fourth-order valence-corrected chi connectivity index (χ4v) is 2.76. The molecule has 6 heteroatoms. The van der Waals surface area contributed by atoms with E-state index in [-0.39, 0.29) is 23.7 Å². The van der Waals surface area contributed by atoms with Gasteiger partial charge in [0, 0.05) is 12.3 Å². The molecule has 0 bridgehead atoms. The summed E-state index contributed by atoms with van der Waals surface area (Å²) < 4.78 is 0. The number of rotatable bonds is 16. The lowest BCUT2D eigenvalue weighted by Crippen LogP contribution is -2.44. The molecule has 0 aromatic heterocycles. The van der Waals surface area contributed by atoms with Gasteiger partial charge in [-0.1, -0.05) is 13.3 Å². The lowest BCUT2D eigenvalue weighted by atomic mass is 9.96. The predicted molar refractivity (Wildman–Crippen MR) is 99.9 cm³/mol. The van der Waals surface area contributed by atoms with Gasteiger partial charge in [0.2, 0.25) is 5.91 Å². The number of amides is 1. The first-order chi connectivity index (χ1) is 11.6. The quantitative estimate of drug-likeness (QED) is 0.316. The van der Waals surface area contributed by atoms with Crippen LogP contribution in [-0.2, 0) is 9.59 Å². The van der Waals surface area contributed by atoms with E-state index in [0.717, 1.165) is 51.6 Å². The molecule has 0 radical (unpaired) electrons. The second-order valence-corrected chi connectivity index (χ2v) is 6.37. The van der Waals surface area contributed by atoms with Gasteiger partial charge in [-0.2, -0.15) is 0 Å². The van der Waals surface area contributed by atoms with Crippen LogP contribution in [0.2, 0.25) is 0 Å². The predicted octanol–water partition coefficient (Wildman–Crippen LogP) is 1.19. The standard InChI is InChI=1S/C18H38N4O2/c1-4-15(9-5-6-12-19)18(24)22-16(10-7-13-20-2)17(23)11-8-14-21-3/h15-16,20-21H,4-14,19H2,1-3H3,(H,22,24)/t15-,16?/m0/s1. The average molecular weight is 343 g/mol. The van der Waals surface area contributed by atoms with Gasteiger partial charge < -0.3 is 21.7 Å². The summed E-state index contributed by atoms with van der Waals surface area (Å²) in [5.41, 5.74) is 5.52. The minimum absolute atomic E-state index is 0.0194. The summed E-state index contributed by atoms with van der Waals surface area (Å²) in [7, 11) is 3.77. The Labute approximate surface area is 147 Å². The van der Waals surface area contributed by atoms with Crippen molar-refractivity contribution in [1.29, 1.82) is 0 Å². The van der Waals surface area contributed by atoms with E-state index in [1.54, 1.807) is 0 Å². The van der Waals surface area contributed by atoms with Gasteiger partial charge in [0.1, 0.15) is 0 Å². The molecule has 142 valence electrons. The van der Waals surface area contributed by atoms with Gasteiger partial charge in [-0.05, 0) is 72.3 Å². The molecule has 0 spiro atoms. The van der Waals surface area contributed by atoms with Crippen LogP contribution in [-0.4, -0.2) is 51.5 Å². The Hall–Kier alpha value is -0.980. The van der Waals surface area contributed by atoms with E-state index in [1.165, 1.54) is 0 Å². The number of Topliss-reactive ketones (excluding diaryl/α,β-unsaturated/α-hetero) is 1. The van der Waals surface area contributed by atoms with E-state index < -0.39 is 0 Å². The third-order valence-corrected chi connectivity index (χ3v) is 4.34. The molecular weight excluding hydrogens is 304 g/mol. The van der Waals surface area contributed by atoms with E-state index >= 15 is 0 Å². The maximum absolute atomic E-state index is 12.5. The second kappa shape index (κ2) is 15.5. The highest BCUT2D eigenvalue weighted by Gasteiger charge is 2.23. The Morgan fingerprint density at radius 2 is 1.62 bits per heavy atom. The zero-order valence-corrected chi connectivity index (χ0v) is 15.8. The zero-order chi connectivity index (χ0) is 18.2. The summed E-state index contributed by atoms with van der Waals surface area (Å²) in [4.78, 5) is 25.0. The third kappa shape index (κ3) is 10.7. The first-order valence-electron chi connectivity index (χ1n) is 9.43. The highest BCUT2D eigenvalue weighted by atomic mass is 16.2. The van der Waals surface area contributed by atoms with Crippen LogP contribution in [0.1, 0.15) is 58.3 Å². The fourth-order valence-electron chi connectivity index (χ4n) is 2.76. The fraction of sp³-hybridized carbons (Fsp3) is 0.889. The summed E-state index contributed by atoms with van der Waals surface area (Å²) in [6, 6.07) is -0.355. The molecule has 5 N–H and O–H groups in total. The van der Waals surface area contributed by atoms with Crippen LogP contribution < -0.4 is 21.7 Å². The summed E-state index contributed by atoms with van der Waals surface area (Å²) in [6.07, 6.45) is 6.44. The third-order valence-electron chi connectivity index (χ3n) is 4.34. The molecule has 6 nitrogen and oxygen atoms in total. The molecule has 0 saturated carbocycles. The van der Waals surface area contributed by atoms with Crippen LogP contribution >= 0.6 is 0 Å². The lowest BCUT2D eigenvalue weighted by Gasteiger charge is -2.21. The Morgan fingerprint density at radius 1 is 0.958 bits per heavy atom. The van der Waals surface area contributed by atoms with E-state index in [1.807, 2.05) is 21.0 Å². The summed E-state index contributed by atoms with van der Waals surface area (Å²) in [5, 5.41) is 9.15. The van der Waals surface area contributed by atoms with Gasteiger partial charge in [-0.3, -0.25) is 9.59 Å². The van der Waals surface area contributed by atoms with E-state index in [0.29, 0.717) is 19.4 Å². The minimum Gasteiger partial charge on any atom is -0.346 e. The Balaban J connectivity index is 4.57. The molecule has 0 aliphatic carbocycles. The lowest BCUT2D eigenvalue weighted by molar-refractivity contribution is -0.130. The highest BCUT2D eigenvalue weighted by Crippen LogP contribution is 2.14. The van der Waals surface area contributed by atoms with Crippen molar-refractivity contribution < 1.29 is 9.59 Å². The first-order valence-corrected chi connectivity index (χ1v) is 9.43. The van der Waals surface area contributed by atoms with Crippen molar-refractivity contribution in [3.63, 3.8) is 0 Å². The van der Waals surface area contributed by atoms with Crippen LogP contribution in [0.15, 0.2) is 0 Å². The van der Waals surface area contributed by atoms with Gasteiger partial charge in [0.15, 0.2) is 5.78 Å². The van der Waals surface area contributed by atoms with Crippen molar-refractivity contribution in [3.8, 4) is 0 Å². The SMILES string of the molecule is CC[C@@H](CCCCN)C(=O)NC(CCCNC)C(=O)CCCNC. The molecule has 1 unspecified atom stereocenters. The van der Waals surface area contributed by atoms with Crippen molar-refractivity contribution in [2.45, 2.75) is 64.3 Å². The molecule has 0 aliphatic heterocycles. The normalized spacial score (nSPS) is 13.5. The molecule has 0 heterocycles. The molecule has 0 aliphatic rings. The molecule has 24 heavy (non-hydrogen) atoms. The number of hydrogen-bond acceptors (Lipinski definition) is 5. The van der Waals surface area contributed by atoms with Crippen LogP contribution in [0.4, 0.5) is 0 Å². The van der Waals surface area contributed by atoms with Gasteiger partial charge >= 0.3 is 0 Å². The van der Waals surface area contributed by atoms with Crippen LogP contribution in [0.25, 0.3) is 0 Å². The second-order valence-electron chi connectivity index (χ2n) is 6.37. The molecule has 0 fully saturated rings. The van der Waals surface area contributed by atoms with E-state index in [9.17, 15) is 9.59 Å². The monoisotopic (exact) mass is 342 g/mol. The number of nitrogens with two attached hydrogens (primary N) is 1. The number of unbranched alkanes of at least 4 members (excludes halogenated alkanes) is 1. The van der Waals surface area contributed by atoms with Gasteiger partial charge in [0.05, 0.1) is 6.04 Å². The van der Waals surface area contributed by atoms with Crippen molar-refractivity contribution in [2.24, 2.45) is 11.7 Å². The van der Waals surface area contributed by atoms with E-state index in [2.05, 4.69) is 16.0 Å². The van der Waals surface area contributed by atoms with Gasteiger partial charge in [-0.15, -0.1) is 0 Å². The largest absolute Gasteiger partial charge is 0.346 e. The molecule has 0 saturated heterocycles. The van der Waals surface area contributed by atoms with Crippen molar-refractivity contribution >= 4 is 11.7 Å². The highest BCUT2D eigenvalue weighted by molar-refractivity contribution is 5.89. The zero-order valence-electron chi connectivity index (χ0n) is 15.8. The van der Waals surface area contributed by atoms with Crippen molar-refractivity contribution in [1.82, 2.24) is 16.0 Å². The molecule has 2 atom stereocenters. The molecule has 0 aromatic rings. The molecule has 0 rings (SSSR count). The van der Waals surface area contributed by atoms with Crippen LogP contribution in [0.5, 0.6) is 0 Å². The summed E-state index contributed by atoms with van der Waals surface area (Å²) in [6.45, 7) is 4.36. The minimum atomic E-state index is -0.355. The molecule has 0 aromatic carbocycles. The maximum Gasteiger partial charge on any atom is 0.223 e. The smallest absolute Gasteiger partial charge is 0.223 e. The van der Waals surface area contributed by atoms with Gasteiger partial charge in [0.25, 0.3) is 0 Å². The number of ketones is 1. The van der Waals surface area contributed by atoms with Crippen molar-refractivity contribution in [2.75, 3.05) is 33.7 Å². The van der Waals surface area contributed by atoms with Crippen LogP contribution in [0, 0.1) is 5.92 Å². The maximum atomic E-state index is 12.5. The molecular formula is C18H38N4O2. The summed E-state index contributed by atoms with van der Waals surface area (Å²) >= 11 is 0. The Kier molecular flexibility index (Phi) is 14.9. The number of hydrogen-bond donors (Lipinski definition) is 4. The molecule has 1 amide bonds. The summed E-state index contributed by atoms with van der Waals surface area (Å²) in [5.74, 6) is 0.144. The number of carbonyl (C=O) groups excluding carboxylic acids is 2.